The lowest BCUT2D eigenvalue weighted by molar-refractivity contribution is 0.305. The molecule has 0 unspecified atom stereocenters. The predicted molar refractivity (Wildman–Crippen MR) is 104 cm³/mol. The molecule has 0 aliphatic carbocycles. The largest absolute Gasteiger partial charge is 0.494 e. The van der Waals surface area contributed by atoms with E-state index in [9.17, 15) is 0 Å². The first-order chi connectivity index (χ1) is 12.3. The van der Waals surface area contributed by atoms with Crippen LogP contribution in [0.15, 0.2) is 42.5 Å². The molecule has 2 aromatic rings. The molecule has 0 atom stereocenters. The summed E-state index contributed by atoms with van der Waals surface area (Å²) in [6.45, 7) is 8.25. The van der Waals surface area contributed by atoms with E-state index in [1.165, 1.54) is 19.3 Å². The highest BCUT2D eigenvalue weighted by Crippen LogP contribution is 2.34. The molecule has 0 aliphatic rings. The zero-order valence-corrected chi connectivity index (χ0v) is 15.7. The van der Waals surface area contributed by atoms with E-state index in [1.54, 1.807) is 0 Å². The molecule has 0 heterocycles. The van der Waals surface area contributed by atoms with Crippen LogP contribution in [-0.4, -0.2) is 19.8 Å². The fraction of sp³-hybridized carbons (Fsp3) is 0.455. The summed E-state index contributed by atoms with van der Waals surface area (Å²) >= 11 is 0. The molecule has 0 aliphatic heterocycles. The third kappa shape index (κ3) is 6.00. The highest BCUT2D eigenvalue weighted by Gasteiger charge is 2.08. The second kappa shape index (κ2) is 10.7. The van der Waals surface area contributed by atoms with Crippen molar-refractivity contribution in [2.24, 2.45) is 0 Å². The van der Waals surface area contributed by atoms with Crippen molar-refractivity contribution in [3.63, 3.8) is 0 Å². The molecular weight excluding hydrogens is 312 g/mol. The Balaban J connectivity index is 2.05. The number of hydrogen-bond acceptors (Lipinski definition) is 3. The Kier molecular flexibility index (Phi) is 8.17. The third-order valence-electron chi connectivity index (χ3n) is 4.00. The SMILES string of the molecule is CCCCCCOc1ccc(-c2ccc(OCC)cc2OCC)cc1. The van der Waals surface area contributed by atoms with Gasteiger partial charge in [0.25, 0.3) is 0 Å². The standard InChI is InChI=1S/C22H30O3/c1-4-7-8-9-16-25-19-12-10-18(11-13-19)21-15-14-20(23-5-2)17-22(21)24-6-3/h10-15,17H,4-9,16H2,1-3H3. The van der Waals surface area contributed by atoms with Gasteiger partial charge in [0.15, 0.2) is 0 Å². The fourth-order valence-electron chi connectivity index (χ4n) is 2.72. The first-order valence-electron chi connectivity index (χ1n) is 9.41. The molecule has 25 heavy (non-hydrogen) atoms. The molecule has 0 aromatic heterocycles. The third-order valence-corrected chi connectivity index (χ3v) is 4.00. The maximum Gasteiger partial charge on any atom is 0.130 e. The molecule has 0 radical (unpaired) electrons. The van der Waals surface area contributed by atoms with E-state index in [4.69, 9.17) is 14.2 Å². The molecular formula is C22H30O3. The molecule has 3 nitrogen and oxygen atoms in total. The van der Waals surface area contributed by atoms with Crippen LogP contribution in [0.4, 0.5) is 0 Å². The van der Waals surface area contributed by atoms with Crippen molar-refractivity contribution in [3.05, 3.63) is 42.5 Å². The van der Waals surface area contributed by atoms with Crippen molar-refractivity contribution in [3.8, 4) is 28.4 Å². The molecule has 0 amide bonds. The quantitative estimate of drug-likeness (QED) is 0.461. The van der Waals surface area contributed by atoms with Crippen LogP contribution in [0.25, 0.3) is 11.1 Å². The smallest absolute Gasteiger partial charge is 0.130 e. The van der Waals surface area contributed by atoms with Crippen LogP contribution in [0.3, 0.4) is 0 Å². The van der Waals surface area contributed by atoms with E-state index < -0.39 is 0 Å². The molecule has 136 valence electrons. The minimum atomic E-state index is 0.627. The Labute approximate surface area is 151 Å². The van der Waals surface area contributed by atoms with Crippen LogP contribution in [0.5, 0.6) is 17.2 Å². The Morgan fingerprint density at radius 1 is 0.680 bits per heavy atom. The number of hydrogen-bond donors (Lipinski definition) is 0. The van der Waals surface area contributed by atoms with Crippen LogP contribution in [0.1, 0.15) is 46.5 Å². The number of unbranched alkanes of at least 4 members (excludes halogenated alkanes) is 3. The molecule has 0 bridgehead atoms. The van der Waals surface area contributed by atoms with Gasteiger partial charge in [-0.3, -0.25) is 0 Å². The average Bonchev–Trinajstić information content (AvgIpc) is 2.63. The number of benzene rings is 2. The molecule has 0 saturated heterocycles. The van der Waals surface area contributed by atoms with Gasteiger partial charge < -0.3 is 14.2 Å². The van der Waals surface area contributed by atoms with E-state index in [0.717, 1.165) is 41.4 Å². The summed E-state index contributed by atoms with van der Waals surface area (Å²) in [7, 11) is 0. The van der Waals surface area contributed by atoms with E-state index in [1.807, 2.05) is 38.1 Å². The predicted octanol–water partition coefficient (Wildman–Crippen LogP) is 6.11. The summed E-state index contributed by atoms with van der Waals surface area (Å²) in [6.07, 6.45) is 4.88. The lowest BCUT2D eigenvalue weighted by Crippen LogP contribution is -1.98. The summed E-state index contributed by atoms with van der Waals surface area (Å²) in [6, 6.07) is 14.2. The van der Waals surface area contributed by atoms with Crippen molar-refractivity contribution in [2.45, 2.75) is 46.5 Å². The maximum absolute atomic E-state index is 5.82. The molecule has 0 N–H and O–H groups in total. The van der Waals surface area contributed by atoms with Crippen molar-refractivity contribution in [1.82, 2.24) is 0 Å². The first-order valence-corrected chi connectivity index (χ1v) is 9.41. The fourth-order valence-corrected chi connectivity index (χ4v) is 2.72. The molecule has 0 saturated carbocycles. The highest BCUT2D eigenvalue weighted by molar-refractivity contribution is 5.72. The van der Waals surface area contributed by atoms with E-state index in [0.29, 0.717) is 13.2 Å². The van der Waals surface area contributed by atoms with Gasteiger partial charge in [-0.2, -0.15) is 0 Å². The van der Waals surface area contributed by atoms with Gasteiger partial charge in [0, 0.05) is 11.6 Å². The number of rotatable bonds is 11. The second-order valence-electron chi connectivity index (χ2n) is 5.96. The van der Waals surface area contributed by atoms with Gasteiger partial charge in [-0.25, -0.2) is 0 Å². The number of ether oxygens (including phenoxy) is 3. The second-order valence-corrected chi connectivity index (χ2v) is 5.96. The monoisotopic (exact) mass is 342 g/mol. The van der Waals surface area contributed by atoms with Crippen molar-refractivity contribution in [2.75, 3.05) is 19.8 Å². The Morgan fingerprint density at radius 3 is 2.08 bits per heavy atom. The molecule has 0 fully saturated rings. The Morgan fingerprint density at radius 2 is 1.40 bits per heavy atom. The van der Waals surface area contributed by atoms with Gasteiger partial charge in [-0.05, 0) is 50.1 Å². The highest BCUT2D eigenvalue weighted by atomic mass is 16.5. The minimum Gasteiger partial charge on any atom is -0.494 e. The maximum atomic E-state index is 5.82. The van der Waals surface area contributed by atoms with Gasteiger partial charge in [0.2, 0.25) is 0 Å². The summed E-state index contributed by atoms with van der Waals surface area (Å²) < 4.78 is 17.2. The van der Waals surface area contributed by atoms with Crippen LogP contribution < -0.4 is 14.2 Å². The van der Waals surface area contributed by atoms with Gasteiger partial charge in [0.05, 0.1) is 19.8 Å². The Hall–Kier alpha value is -2.16. The van der Waals surface area contributed by atoms with Crippen LogP contribution in [0.2, 0.25) is 0 Å². The molecule has 3 heteroatoms. The van der Waals surface area contributed by atoms with Gasteiger partial charge in [0.1, 0.15) is 17.2 Å². The Bertz CT molecular complexity index is 620. The van der Waals surface area contributed by atoms with Crippen LogP contribution in [0, 0.1) is 0 Å². The lowest BCUT2D eigenvalue weighted by Gasteiger charge is -2.13. The van der Waals surface area contributed by atoms with Crippen LogP contribution >= 0.6 is 0 Å². The average molecular weight is 342 g/mol. The van der Waals surface area contributed by atoms with E-state index in [-0.39, 0.29) is 0 Å². The first kappa shape index (κ1) is 19.2. The lowest BCUT2D eigenvalue weighted by atomic mass is 10.0. The molecule has 2 rings (SSSR count). The van der Waals surface area contributed by atoms with Crippen molar-refractivity contribution < 1.29 is 14.2 Å². The normalized spacial score (nSPS) is 10.5. The van der Waals surface area contributed by atoms with E-state index >= 15 is 0 Å². The minimum absolute atomic E-state index is 0.627. The van der Waals surface area contributed by atoms with Crippen LogP contribution in [-0.2, 0) is 0 Å². The van der Waals surface area contributed by atoms with Crippen molar-refractivity contribution >= 4 is 0 Å². The summed E-state index contributed by atoms with van der Waals surface area (Å²) in [5.41, 5.74) is 2.18. The summed E-state index contributed by atoms with van der Waals surface area (Å²) in [4.78, 5) is 0. The topological polar surface area (TPSA) is 27.7 Å². The van der Waals surface area contributed by atoms with Crippen molar-refractivity contribution in [1.29, 1.82) is 0 Å². The zero-order valence-electron chi connectivity index (χ0n) is 15.7. The van der Waals surface area contributed by atoms with Gasteiger partial charge >= 0.3 is 0 Å². The zero-order chi connectivity index (χ0) is 17.9. The van der Waals surface area contributed by atoms with Gasteiger partial charge in [-0.1, -0.05) is 38.3 Å². The summed E-state index contributed by atoms with van der Waals surface area (Å²) in [5.74, 6) is 2.60. The van der Waals surface area contributed by atoms with Gasteiger partial charge in [-0.15, -0.1) is 0 Å². The molecule has 2 aromatic carbocycles. The summed E-state index contributed by atoms with van der Waals surface area (Å²) in [5, 5.41) is 0. The van der Waals surface area contributed by atoms with E-state index in [2.05, 4.69) is 25.1 Å². The molecule has 0 spiro atoms.